The highest BCUT2D eigenvalue weighted by atomic mass is 16.5. The summed E-state index contributed by atoms with van der Waals surface area (Å²) in [5, 5.41) is 6.20. The normalized spacial score (nSPS) is 22.0. The van der Waals surface area contributed by atoms with E-state index in [4.69, 9.17) is 4.74 Å². The van der Waals surface area contributed by atoms with E-state index < -0.39 is 0 Å². The van der Waals surface area contributed by atoms with Crippen LogP contribution in [0.3, 0.4) is 0 Å². The maximum atomic E-state index is 11.4. The summed E-state index contributed by atoms with van der Waals surface area (Å²) in [5.74, 6) is 0.670. The quantitative estimate of drug-likeness (QED) is 0.681. The van der Waals surface area contributed by atoms with Crippen LogP contribution in [0.25, 0.3) is 0 Å². The average Bonchev–Trinajstić information content (AvgIpc) is 2.81. The van der Waals surface area contributed by atoms with Gasteiger partial charge in [-0.3, -0.25) is 4.79 Å². The lowest BCUT2D eigenvalue weighted by molar-refractivity contribution is -0.120. The summed E-state index contributed by atoms with van der Waals surface area (Å²) >= 11 is 0. The molecule has 0 spiro atoms. The Kier molecular flexibility index (Phi) is 6.42. The van der Waals surface area contributed by atoms with Crippen LogP contribution >= 0.6 is 0 Å². The second-order valence-corrected chi connectivity index (χ2v) is 4.37. The molecule has 16 heavy (non-hydrogen) atoms. The highest BCUT2D eigenvalue weighted by Crippen LogP contribution is 2.18. The second kappa shape index (κ2) is 7.63. The number of nitrogens with one attached hydrogen (secondary N) is 2. The van der Waals surface area contributed by atoms with Gasteiger partial charge in [-0.1, -0.05) is 13.8 Å². The number of carbonyl (C=O) groups excluding carboxylic acids is 1. The molecule has 4 heteroatoms. The molecule has 0 bridgehead atoms. The summed E-state index contributed by atoms with van der Waals surface area (Å²) < 4.78 is 5.37. The molecule has 2 atom stereocenters. The number of carbonyl (C=O) groups is 1. The molecule has 2 N–H and O–H groups in total. The number of hydrogen-bond acceptors (Lipinski definition) is 3. The zero-order chi connectivity index (χ0) is 11.8. The minimum Gasteiger partial charge on any atom is -0.381 e. The SMILES string of the molecule is CCCNC(=O)CNC(CC)C1CCOC1. The molecule has 2 unspecified atom stereocenters. The van der Waals surface area contributed by atoms with Gasteiger partial charge in [0, 0.05) is 19.2 Å². The van der Waals surface area contributed by atoms with Crippen LogP contribution in [0.1, 0.15) is 33.1 Å². The smallest absolute Gasteiger partial charge is 0.233 e. The Morgan fingerprint density at radius 1 is 1.50 bits per heavy atom. The fourth-order valence-corrected chi connectivity index (χ4v) is 2.07. The molecular weight excluding hydrogens is 204 g/mol. The maximum absolute atomic E-state index is 11.4. The third kappa shape index (κ3) is 4.49. The number of hydrogen-bond donors (Lipinski definition) is 2. The summed E-state index contributed by atoms with van der Waals surface area (Å²) in [6.45, 7) is 7.10. The standard InChI is InChI=1S/C12H24N2O2/c1-3-6-13-12(15)8-14-11(4-2)10-5-7-16-9-10/h10-11,14H,3-9H2,1-2H3,(H,13,15). The van der Waals surface area contributed by atoms with Crippen molar-refractivity contribution in [1.29, 1.82) is 0 Å². The van der Waals surface area contributed by atoms with Crippen LogP contribution in [-0.2, 0) is 9.53 Å². The predicted molar refractivity (Wildman–Crippen MR) is 64.3 cm³/mol. The fraction of sp³-hybridized carbons (Fsp3) is 0.917. The maximum Gasteiger partial charge on any atom is 0.233 e. The van der Waals surface area contributed by atoms with Gasteiger partial charge in [0.15, 0.2) is 0 Å². The van der Waals surface area contributed by atoms with Gasteiger partial charge in [0.1, 0.15) is 0 Å². The molecule has 1 amide bonds. The molecule has 1 fully saturated rings. The summed E-state index contributed by atoms with van der Waals surface area (Å²) in [5.41, 5.74) is 0. The molecule has 0 saturated carbocycles. The first-order valence-electron chi connectivity index (χ1n) is 6.35. The first-order chi connectivity index (χ1) is 7.77. The van der Waals surface area contributed by atoms with Crippen molar-refractivity contribution in [2.45, 2.75) is 39.2 Å². The first kappa shape index (κ1) is 13.5. The average molecular weight is 228 g/mol. The van der Waals surface area contributed by atoms with Gasteiger partial charge in [0.25, 0.3) is 0 Å². The minimum atomic E-state index is 0.0965. The van der Waals surface area contributed by atoms with Crippen LogP contribution < -0.4 is 10.6 Å². The highest BCUT2D eigenvalue weighted by Gasteiger charge is 2.24. The van der Waals surface area contributed by atoms with Gasteiger partial charge < -0.3 is 15.4 Å². The van der Waals surface area contributed by atoms with E-state index in [0.29, 0.717) is 18.5 Å². The van der Waals surface area contributed by atoms with Crippen molar-refractivity contribution >= 4 is 5.91 Å². The van der Waals surface area contributed by atoms with Gasteiger partial charge in [-0.2, -0.15) is 0 Å². The van der Waals surface area contributed by atoms with E-state index in [2.05, 4.69) is 24.5 Å². The molecule has 0 aromatic carbocycles. The number of rotatable bonds is 7. The summed E-state index contributed by atoms with van der Waals surface area (Å²) in [4.78, 5) is 11.4. The van der Waals surface area contributed by atoms with Crippen molar-refractivity contribution < 1.29 is 9.53 Å². The van der Waals surface area contributed by atoms with Crippen molar-refractivity contribution in [3.05, 3.63) is 0 Å². The van der Waals surface area contributed by atoms with Crippen LogP contribution in [0.2, 0.25) is 0 Å². The Hall–Kier alpha value is -0.610. The van der Waals surface area contributed by atoms with E-state index in [-0.39, 0.29) is 5.91 Å². The van der Waals surface area contributed by atoms with Crippen molar-refractivity contribution in [3.8, 4) is 0 Å². The molecule has 1 aliphatic rings. The lowest BCUT2D eigenvalue weighted by Crippen LogP contribution is -2.42. The van der Waals surface area contributed by atoms with Gasteiger partial charge in [-0.25, -0.2) is 0 Å². The minimum absolute atomic E-state index is 0.0965. The van der Waals surface area contributed by atoms with E-state index in [0.717, 1.165) is 39.0 Å². The molecule has 0 radical (unpaired) electrons. The van der Waals surface area contributed by atoms with Gasteiger partial charge in [0.2, 0.25) is 5.91 Å². The molecule has 1 heterocycles. The van der Waals surface area contributed by atoms with Gasteiger partial charge in [-0.05, 0) is 25.2 Å². The largest absolute Gasteiger partial charge is 0.381 e. The third-order valence-corrected chi connectivity index (χ3v) is 3.07. The van der Waals surface area contributed by atoms with Crippen LogP contribution in [-0.4, -0.2) is 38.3 Å². The summed E-state index contributed by atoms with van der Waals surface area (Å²) in [6.07, 6.45) is 3.15. The van der Waals surface area contributed by atoms with Crippen LogP contribution in [0.5, 0.6) is 0 Å². The second-order valence-electron chi connectivity index (χ2n) is 4.37. The zero-order valence-electron chi connectivity index (χ0n) is 10.4. The fourth-order valence-electron chi connectivity index (χ4n) is 2.07. The number of amides is 1. The Bertz CT molecular complexity index is 203. The first-order valence-corrected chi connectivity index (χ1v) is 6.35. The topological polar surface area (TPSA) is 50.4 Å². The Morgan fingerprint density at radius 2 is 2.31 bits per heavy atom. The molecule has 1 rings (SSSR count). The van der Waals surface area contributed by atoms with Crippen LogP contribution in [0.15, 0.2) is 0 Å². The van der Waals surface area contributed by atoms with Crippen LogP contribution in [0, 0.1) is 5.92 Å². The molecule has 0 aromatic rings. The van der Waals surface area contributed by atoms with Gasteiger partial charge >= 0.3 is 0 Å². The molecule has 1 saturated heterocycles. The van der Waals surface area contributed by atoms with Gasteiger partial charge in [-0.15, -0.1) is 0 Å². The van der Waals surface area contributed by atoms with E-state index >= 15 is 0 Å². The van der Waals surface area contributed by atoms with Crippen molar-refractivity contribution in [3.63, 3.8) is 0 Å². The molecule has 0 aromatic heterocycles. The van der Waals surface area contributed by atoms with Crippen molar-refractivity contribution in [1.82, 2.24) is 10.6 Å². The molecule has 1 aliphatic heterocycles. The molecule has 0 aliphatic carbocycles. The lowest BCUT2D eigenvalue weighted by atomic mass is 9.97. The molecule has 4 nitrogen and oxygen atoms in total. The monoisotopic (exact) mass is 228 g/mol. The zero-order valence-corrected chi connectivity index (χ0v) is 10.4. The third-order valence-electron chi connectivity index (χ3n) is 3.07. The van der Waals surface area contributed by atoms with E-state index in [1.54, 1.807) is 0 Å². The lowest BCUT2D eigenvalue weighted by Gasteiger charge is -2.22. The van der Waals surface area contributed by atoms with E-state index in [1.165, 1.54) is 0 Å². The van der Waals surface area contributed by atoms with E-state index in [1.807, 2.05) is 0 Å². The van der Waals surface area contributed by atoms with Crippen LogP contribution in [0.4, 0.5) is 0 Å². The molecule has 94 valence electrons. The van der Waals surface area contributed by atoms with Gasteiger partial charge in [0.05, 0.1) is 13.2 Å². The van der Waals surface area contributed by atoms with Crippen molar-refractivity contribution in [2.75, 3.05) is 26.3 Å². The Balaban J connectivity index is 2.19. The highest BCUT2D eigenvalue weighted by molar-refractivity contribution is 5.77. The van der Waals surface area contributed by atoms with E-state index in [9.17, 15) is 4.79 Å². The molecular formula is C12H24N2O2. The Morgan fingerprint density at radius 3 is 2.88 bits per heavy atom. The van der Waals surface area contributed by atoms with Crippen molar-refractivity contribution in [2.24, 2.45) is 5.92 Å². The predicted octanol–water partition coefficient (Wildman–Crippen LogP) is 0.917. The number of ether oxygens (including phenoxy) is 1. The summed E-state index contributed by atoms with van der Waals surface area (Å²) in [7, 11) is 0. The Labute approximate surface area is 98.1 Å². The summed E-state index contributed by atoms with van der Waals surface area (Å²) in [6, 6.07) is 0.412.